The minimum absolute atomic E-state index is 0. The Kier molecular flexibility index (Phi) is 9.67. The summed E-state index contributed by atoms with van der Waals surface area (Å²) in [4.78, 5) is 0. The summed E-state index contributed by atoms with van der Waals surface area (Å²) >= 11 is 0. The van der Waals surface area contributed by atoms with Crippen molar-refractivity contribution in [3.05, 3.63) is 24.7 Å². The molecule has 0 saturated carbocycles. The zero-order valence-corrected chi connectivity index (χ0v) is 4.72. The summed E-state index contributed by atoms with van der Waals surface area (Å²) in [6.45, 7) is 0. The van der Waals surface area contributed by atoms with Crippen molar-refractivity contribution in [3.63, 3.8) is 0 Å². The second kappa shape index (κ2) is 6.47. The molecule has 0 N–H and O–H groups in total. The van der Waals surface area contributed by atoms with E-state index in [0.29, 0.717) is 0 Å². The van der Waals surface area contributed by atoms with Crippen molar-refractivity contribution in [1.82, 2.24) is 0 Å². The molecule has 0 aliphatic rings. The molecule has 3 heteroatoms. The maximum atomic E-state index is 4.58. The van der Waals surface area contributed by atoms with Crippen molar-refractivity contribution >= 4 is 0 Å². The van der Waals surface area contributed by atoms with E-state index < -0.39 is 0 Å². The molecule has 1 aromatic heterocycles. The first-order valence-electron chi connectivity index (χ1n) is 1.47. The van der Waals surface area contributed by atoms with E-state index >= 15 is 0 Å². The van der Waals surface area contributed by atoms with Crippen LogP contribution in [0.2, 0.25) is 0 Å². The zero-order chi connectivity index (χ0) is 3.54. The van der Waals surface area contributed by atoms with Crippen LogP contribution in [0.15, 0.2) is 29.1 Å². The first-order chi connectivity index (χ1) is 2.50. The second-order valence-electron chi connectivity index (χ2n) is 0.793. The molecule has 0 aliphatic heterocycles. The fourth-order valence-electron chi connectivity index (χ4n) is 0.227. The van der Waals surface area contributed by atoms with Crippen LogP contribution < -0.4 is 37.7 Å². The number of furan rings is 1. The van der Waals surface area contributed by atoms with Crippen molar-refractivity contribution in [2.45, 2.75) is 0 Å². The Bertz CT molecular complexity index is 73.0. The average Bonchev–Trinajstić information content (AvgIpc) is 1.76. The Morgan fingerprint density at radius 1 is 1.00 bits per heavy atom. The predicted molar refractivity (Wildman–Crippen MR) is 20.9 cm³/mol. The molecule has 0 radical (unpaired) electrons. The summed E-state index contributed by atoms with van der Waals surface area (Å²) in [5.41, 5.74) is 0. The van der Waals surface area contributed by atoms with Gasteiger partial charge in [-0.25, -0.2) is 0 Å². The summed E-state index contributed by atoms with van der Waals surface area (Å²) in [6.07, 6.45) is 3.25. The van der Waals surface area contributed by atoms with Gasteiger partial charge in [0.15, 0.2) is 0 Å². The van der Waals surface area contributed by atoms with Crippen molar-refractivity contribution in [1.29, 1.82) is 0 Å². The van der Waals surface area contributed by atoms with E-state index in [9.17, 15) is 0 Å². The fraction of sp³-hybridized carbons (Fsp3) is 0. The van der Waals surface area contributed by atoms with E-state index in [2.05, 4.69) is 4.42 Å². The smallest absolute Gasteiger partial charge is 1.00 e. The molecule has 0 saturated heterocycles. The summed E-state index contributed by atoms with van der Waals surface area (Å²) in [5.74, 6) is 0. The van der Waals surface area contributed by atoms with Gasteiger partial charge in [-0.05, 0) is 12.1 Å². The van der Waals surface area contributed by atoms with E-state index in [1.165, 1.54) is 0 Å². The Morgan fingerprint density at radius 3 is 1.57 bits per heavy atom. The van der Waals surface area contributed by atoms with Gasteiger partial charge < -0.3 is 7.27 Å². The van der Waals surface area contributed by atoms with Gasteiger partial charge in [-0.3, -0.25) is 0 Å². The molecular weight excluding hydrogens is 77.9 g/mol. The molecular formula is C4H6Li2O. The van der Waals surface area contributed by atoms with Gasteiger partial charge in [0, 0.05) is 0 Å². The maximum Gasteiger partial charge on any atom is 1.00 e. The van der Waals surface area contributed by atoms with Gasteiger partial charge in [-0.1, -0.05) is 0 Å². The van der Waals surface area contributed by atoms with Gasteiger partial charge in [-0.2, -0.15) is 0 Å². The van der Waals surface area contributed by atoms with E-state index in [1.54, 1.807) is 12.5 Å². The summed E-state index contributed by atoms with van der Waals surface area (Å²) < 4.78 is 4.58. The van der Waals surface area contributed by atoms with E-state index in [1.807, 2.05) is 12.1 Å². The van der Waals surface area contributed by atoms with Crippen molar-refractivity contribution in [3.8, 4) is 0 Å². The minimum Gasteiger partial charge on any atom is -1.00 e. The van der Waals surface area contributed by atoms with Crippen molar-refractivity contribution in [2.24, 2.45) is 0 Å². The molecule has 0 spiro atoms. The van der Waals surface area contributed by atoms with Gasteiger partial charge in [-0.15, -0.1) is 0 Å². The second-order valence-corrected chi connectivity index (χ2v) is 0.793. The number of hydrogen-bond acceptors (Lipinski definition) is 1. The van der Waals surface area contributed by atoms with Gasteiger partial charge in [0.1, 0.15) is 0 Å². The average molecular weight is 84.0 g/mol. The van der Waals surface area contributed by atoms with Gasteiger partial charge in [0.2, 0.25) is 0 Å². The van der Waals surface area contributed by atoms with Gasteiger partial charge in [0.25, 0.3) is 0 Å². The molecule has 0 unspecified atom stereocenters. The predicted octanol–water partition coefficient (Wildman–Crippen LogP) is -4.49. The molecule has 0 aliphatic carbocycles. The Morgan fingerprint density at radius 2 is 1.43 bits per heavy atom. The summed E-state index contributed by atoms with van der Waals surface area (Å²) in [6, 6.07) is 3.67. The summed E-state index contributed by atoms with van der Waals surface area (Å²) in [7, 11) is 0. The molecule has 0 bridgehead atoms. The maximum absolute atomic E-state index is 4.58. The molecule has 7 heavy (non-hydrogen) atoms. The van der Waals surface area contributed by atoms with Gasteiger partial charge >= 0.3 is 37.7 Å². The molecule has 1 aromatic rings. The SMILES string of the molecule is [H-].[H-].[Li+].[Li+].c1ccoc1. The fourth-order valence-corrected chi connectivity index (χ4v) is 0.227. The molecule has 1 nitrogen and oxygen atoms in total. The third-order valence-corrected chi connectivity index (χ3v) is 0.425. The van der Waals surface area contributed by atoms with Crippen LogP contribution in [0.3, 0.4) is 0 Å². The Labute approximate surface area is 69.8 Å². The van der Waals surface area contributed by atoms with Crippen molar-refractivity contribution in [2.75, 3.05) is 0 Å². The van der Waals surface area contributed by atoms with Crippen LogP contribution in [0, 0.1) is 0 Å². The first kappa shape index (κ1) is 10.5. The number of hydrogen-bond donors (Lipinski definition) is 0. The van der Waals surface area contributed by atoms with Crippen LogP contribution in [0.1, 0.15) is 2.85 Å². The Hall–Kier alpha value is 0.475. The normalized spacial score (nSPS) is 5.71. The third-order valence-electron chi connectivity index (χ3n) is 0.425. The van der Waals surface area contributed by atoms with E-state index in [-0.39, 0.29) is 40.6 Å². The quantitative estimate of drug-likeness (QED) is 0.289. The molecule has 1 rings (SSSR count). The standard InChI is InChI=1S/C4H4O.2Li.2H/c1-2-4-5-3-1;;;;/h1-4H;;;;/q;2*+1;2*-1. The zero-order valence-electron chi connectivity index (χ0n) is 6.72. The Balaban J connectivity index is -0.0000000312. The molecule has 1 heterocycles. The molecule has 0 atom stereocenters. The molecule has 0 fully saturated rings. The van der Waals surface area contributed by atoms with Crippen LogP contribution in [0.5, 0.6) is 0 Å². The van der Waals surface area contributed by atoms with Gasteiger partial charge in [0.05, 0.1) is 12.5 Å². The number of rotatable bonds is 0. The van der Waals surface area contributed by atoms with Crippen LogP contribution in [0.4, 0.5) is 0 Å². The monoisotopic (exact) mass is 84.1 g/mol. The van der Waals surface area contributed by atoms with Crippen LogP contribution in [-0.4, -0.2) is 0 Å². The van der Waals surface area contributed by atoms with Crippen LogP contribution in [0.25, 0.3) is 0 Å². The van der Waals surface area contributed by atoms with Crippen LogP contribution >= 0.6 is 0 Å². The molecule has 0 amide bonds. The molecule has 0 aromatic carbocycles. The van der Waals surface area contributed by atoms with Crippen LogP contribution in [-0.2, 0) is 0 Å². The molecule has 30 valence electrons. The first-order valence-corrected chi connectivity index (χ1v) is 1.47. The van der Waals surface area contributed by atoms with Crippen molar-refractivity contribution < 1.29 is 45.0 Å². The van der Waals surface area contributed by atoms with E-state index in [0.717, 1.165) is 0 Å². The topological polar surface area (TPSA) is 13.1 Å². The van der Waals surface area contributed by atoms with E-state index in [4.69, 9.17) is 0 Å². The summed E-state index contributed by atoms with van der Waals surface area (Å²) in [5, 5.41) is 0. The third kappa shape index (κ3) is 4.33. The minimum atomic E-state index is 0. The largest absolute Gasteiger partial charge is 1.00 e.